The largest absolute Gasteiger partial charge is 0.338 e. The van der Waals surface area contributed by atoms with Crippen molar-refractivity contribution in [2.24, 2.45) is 5.92 Å². The molecule has 1 fully saturated rings. The molecule has 1 aliphatic rings. The van der Waals surface area contributed by atoms with Crippen molar-refractivity contribution < 1.29 is 9.32 Å². The van der Waals surface area contributed by atoms with E-state index in [0.717, 1.165) is 37.2 Å². The van der Waals surface area contributed by atoms with E-state index in [0.29, 0.717) is 18.3 Å². The summed E-state index contributed by atoms with van der Waals surface area (Å²) in [7, 11) is 0. The molecule has 1 N–H and O–H groups in total. The lowest BCUT2D eigenvalue weighted by Gasteiger charge is -2.30. The molecule has 32 heavy (non-hydrogen) atoms. The summed E-state index contributed by atoms with van der Waals surface area (Å²) in [6.45, 7) is 10.9. The molecule has 6 heteroatoms. The lowest BCUT2D eigenvalue weighted by molar-refractivity contribution is -0.121. The minimum absolute atomic E-state index is 0.0344. The molecule has 2 aromatic carbocycles. The number of nitrogens with one attached hydrogen (secondary N) is 1. The monoisotopic (exact) mass is 432 g/mol. The number of hydrogen-bond acceptors (Lipinski definition) is 5. The Labute approximate surface area is 190 Å². The van der Waals surface area contributed by atoms with Crippen LogP contribution in [0.25, 0.3) is 11.4 Å². The van der Waals surface area contributed by atoms with Gasteiger partial charge in [0, 0.05) is 17.2 Å². The number of benzene rings is 2. The van der Waals surface area contributed by atoms with E-state index < -0.39 is 0 Å². The Balaban J connectivity index is 1.29. The second-order valence-corrected chi connectivity index (χ2v) is 9.74. The molecular weight excluding hydrogens is 400 g/mol. The Morgan fingerprint density at radius 2 is 1.72 bits per heavy atom. The molecule has 0 saturated carbocycles. The smallest absolute Gasteiger partial charge is 0.241 e. The number of aryl methyl sites for hydroxylation is 1. The zero-order chi connectivity index (χ0) is 22.7. The summed E-state index contributed by atoms with van der Waals surface area (Å²) < 4.78 is 5.50. The van der Waals surface area contributed by atoms with Gasteiger partial charge in [-0.15, -0.1) is 0 Å². The molecule has 0 bridgehead atoms. The minimum Gasteiger partial charge on any atom is -0.338 e. The number of carbonyl (C=O) groups excluding carboxylic acids is 1. The summed E-state index contributed by atoms with van der Waals surface area (Å²) in [5, 5.41) is 7.20. The molecule has 1 aromatic heterocycles. The Kier molecular flexibility index (Phi) is 6.42. The number of hydrogen-bond donors (Lipinski definition) is 1. The van der Waals surface area contributed by atoms with E-state index >= 15 is 0 Å². The first-order valence-electron chi connectivity index (χ1n) is 11.3. The summed E-state index contributed by atoms with van der Waals surface area (Å²) in [5.41, 5.74) is 4.39. The summed E-state index contributed by atoms with van der Waals surface area (Å²) >= 11 is 0. The van der Waals surface area contributed by atoms with Crippen molar-refractivity contribution in [2.75, 3.05) is 18.4 Å². The van der Waals surface area contributed by atoms with Crippen LogP contribution in [0.4, 0.5) is 5.69 Å². The van der Waals surface area contributed by atoms with Crippen molar-refractivity contribution in [2.45, 2.75) is 52.5 Å². The fraction of sp³-hybridized carbons (Fsp3) is 0.423. The molecule has 1 saturated heterocycles. The molecule has 0 unspecified atom stereocenters. The van der Waals surface area contributed by atoms with Crippen LogP contribution in [-0.2, 0) is 16.8 Å². The van der Waals surface area contributed by atoms with Gasteiger partial charge in [0.15, 0.2) is 0 Å². The van der Waals surface area contributed by atoms with Crippen LogP contribution in [-0.4, -0.2) is 34.0 Å². The van der Waals surface area contributed by atoms with E-state index in [4.69, 9.17) is 4.52 Å². The van der Waals surface area contributed by atoms with E-state index in [9.17, 15) is 4.79 Å². The van der Waals surface area contributed by atoms with E-state index in [1.807, 2.05) is 43.3 Å². The number of anilines is 1. The topological polar surface area (TPSA) is 71.3 Å². The number of rotatable bonds is 5. The molecule has 4 rings (SSSR count). The lowest BCUT2D eigenvalue weighted by Crippen LogP contribution is -2.37. The predicted molar refractivity (Wildman–Crippen MR) is 126 cm³/mol. The number of likely N-dealkylation sites (tertiary alicyclic amines) is 1. The van der Waals surface area contributed by atoms with Gasteiger partial charge in [0.25, 0.3) is 0 Å². The summed E-state index contributed by atoms with van der Waals surface area (Å²) in [5.74, 6) is 1.37. The molecule has 0 aliphatic carbocycles. The van der Waals surface area contributed by atoms with Crippen LogP contribution in [0.2, 0.25) is 0 Å². The van der Waals surface area contributed by atoms with Gasteiger partial charge in [0.2, 0.25) is 17.6 Å². The van der Waals surface area contributed by atoms with E-state index in [1.54, 1.807) is 0 Å². The molecule has 0 spiro atoms. The molecule has 168 valence electrons. The van der Waals surface area contributed by atoms with Crippen molar-refractivity contribution in [3.05, 3.63) is 65.5 Å². The van der Waals surface area contributed by atoms with Gasteiger partial charge in [0.05, 0.1) is 6.54 Å². The summed E-state index contributed by atoms with van der Waals surface area (Å²) in [4.78, 5) is 19.5. The average Bonchev–Trinajstić information content (AvgIpc) is 3.24. The van der Waals surface area contributed by atoms with Gasteiger partial charge in [-0.2, -0.15) is 4.98 Å². The van der Waals surface area contributed by atoms with Crippen molar-refractivity contribution >= 4 is 11.6 Å². The maximum absolute atomic E-state index is 12.6. The highest BCUT2D eigenvalue weighted by atomic mass is 16.5. The van der Waals surface area contributed by atoms with Gasteiger partial charge < -0.3 is 9.84 Å². The van der Waals surface area contributed by atoms with Crippen LogP contribution in [0.15, 0.2) is 53.1 Å². The maximum Gasteiger partial charge on any atom is 0.241 e. The third kappa shape index (κ3) is 5.43. The summed E-state index contributed by atoms with van der Waals surface area (Å²) in [6, 6.07) is 16.3. The van der Waals surface area contributed by atoms with Crippen LogP contribution in [0.3, 0.4) is 0 Å². The fourth-order valence-corrected chi connectivity index (χ4v) is 3.98. The Morgan fingerprint density at radius 1 is 1.06 bits per heavy atom. The average molecular weight is 433 g/mol. The molecular formula is C26H32N4O2. The zero-order valence-electron chi connectivity index (χ0n) is 19.4. The van der Waals surface area contributed by atoms with Crippen molar-refractivity contribution in [1.82, 2.24) is 15.0 Å². The highest BCUT2D eigenvalue weighted by Crippen LogP contribution is 2.26. The van der Waals surface area contributed by atoms with Crippen molar-refractivity contribution in [1.29, 1.82) is 0 Å². The molecule has 2 heterocycles. The van der Waals surface area contributed by atoms with Crippen LogP contribution in [0.1, 0.15) is 50.6 Å². The van der Waals surface area contributed by atoms with Gasteiger partial charge in [-0.25, -0.2) is 0 Å². The Morgan fingerprint density at radius 3 is 2.34 bits per heavy atom. The molecule has 0 radical (unpaired) electrons. The minimum atomic E-state index is 0.0344. The first-order valence-corrected chi connectivity index (χ1v) is 11.3. The van der Waals surface area contributed by atoms with Crippen LogP contribution in [0.5, 0.6) is 0 Å². The molecule has 0 atom stereocenters. The Bertz CT molecular complexity index is 1040. The highest BCUT2D eigenvalue weighted by Gasteiger charge is 2.26. The zero-order valence-corrected chi connectivity index (χ0v) is 19.4. The summed E-state index contributed by atoms with van der Waals surface area (Å²) in [6.07, 6.45) is 1.65. The van der Waals surface area contributed by atoms with Gasteiger partial charge in [-0.05, 0) is 56.0 Å². The number of carbonyl (C=O) groups is 1. The molecule has 6 nitrogen and oxygen atoms in total. The lowest BCUT2D eigenvalue weighted by atomic mass is 9.87. The highest BCUT2D eigenvalue weighted by molar-refractivity contribution is 5.92. The SMILES string of the molecule is Cc1ccc(NC(=O)C2CCN(Cc3nc(-c4ccc(C(C)(C)C)cc4)no3)CC2)cc1. The van der Waals surface area contributed by atoms with Gasteiger partial charge in [-0.3, -0.25) is 9.69 Å². The second kappa shape index (κ2) is 9.25. The van der Waals surface area contributed by atoms with Gasteiger partial charge in [0.1, 0.15) is 0 Å². The quantitative estimate of drug-likeness (QED) is 0.600. The van der Waals surface area contributed by atoms with Gasteiger partial charge in [-0.1, -0.05) is 67.9 Å². The molecule has 1 aliphatic heterocycles. The standard InChI is InChI=1S/C26H32N4O2/c1-18-5-11-22(12-6-18)27-25(31)20-13-15-30(16-14-20)17-23-28-24(29-32-23)19-7-9-21(10-8-19)26(2,3)4/h5-12,20H,13-17H2,1-4H3,(H,27,31). The van der Waals surface area contributed by atoms with E-state index in [2.05, 4.69) is 53.3 Å². The number of aromatic nitrogens is 2. The number of amides is 1. The van der Waals surface area contributed by atoms with Crippen LogP contribution < -0.4 is 5.32 Å². The molecule has 1 amide bonds. The number of nitrogens with zero attached hydrogens (tertiary/aromatic N) is 3. The normalized spacial score (nSPS) is 15.6. The maximum atomic E-state index is 12.6. The third-order valence-electron chi connectivity index (χ3n) is 6.11. The van der Waals surface area contributed by atoms with E-state index in [1.165, 1.54) is 11.1 Å². The first-order chi connectivity index (χ1) is 15.3. The van der Waals surface area contributed by atoms with Crippen LogP contribution in [0, 0.1) is 12.8 Å². The van der Waals surface area contributed by atoms with Crippen molar-refractivity contribution in [3.63, 3.8) is 0 Å². The van der Waals surface area contributed by atoms with E-state index in [-0.39, 0.29) is 17.2 Å². The van der Waals surface area contributed by atoms with Crippen molar-refractivity contribution in [3.8, 4) is 11.4 Å². The van der Waals surface area contributed by atoms with Gasteiger partial charge >= 0.3 is 0 Å². The third-order valence-corrected chi connectivity index (χ3v) is 6.11. The molecule has 3 aromatic rings. The van der Waals surface area contributed by atoms with Crippen LogP contribution >= 0.6 is 0 Å². The Hall–Kier alpha value is -2.99. The number of piperidine rings is 1. The fourth-order valence-electron chi connectivity index (χ4n) is 3.98. The first kappa shape index (κ1) is 22.2. The second-order valence-electron chi connectivity index (χ2n) is 9.74. The predicted octanol–water partition coefficient (Wildman–Crippen LogP) is 5.19.